The van der Waals surface area contributed by atoms with Gasteiger partial charge in [-0.25, -0.2) is 4.39 Å². The molecule has 0 aliphatic rings. The third kappa shape index (κ3) is 5.27. The van der Waals surface area contributed by atoms with Crippen LogP contribution >= 0.6 is 11.3 Å². The minimum absolute atomic E-state index is 0.192. The first kappa shape index (κ1) is 19.8. The maximum atomic E-state index is 13.0. The fourth-order valence-corrected chi connectivity index (χ4v) is 3.33. The van der Waals surface area contributed by atoms with Crippen LogP contribution in [0.25, 0.3) is 0 Å². The lowest BCUT2D eigenvalue weighted by atomic mass is 10.0. The number of amides is 1. The molecule has 0 fully saturated rings. The summed E-state index contributed by atoms with van der Waals surface area (Å²) in [6.07, 6.45) is 0.137. The molecule has 1 aromatic heterocycles. The Labute approximate surface area is 167 Å². The first-order chi connectivity index (χ1) is 13.5. The molecular weight excluding hydrogens is 377 g/mol. The maximum absolute atomic E-state index is 13.0. The van der Waals surface area contributed by atoms with Gasteiger partial charge in [-0.3, -0.25) is 9.59 Å². The molecule has 0 saturated carbocycles. The second-order valence-electron chi connectivity index (χ2n) is 6.24. The number of hydrogen-bond donors (Lipinski definition) is 1. The molecule has 1 heterocycles. The molecule has 0 aliphatic heterocycles. The lowest BCUT2D eigenvalue weighted by Gasteiger charge is -2.15. The molecule has 0 aliphatic carbocycles. The number of halogens is 1. The van der Waals surface area contributed by atoms with Crippen LogP contribution in [0, 0.1) is 5.82 Å². The molecule has 0 spiro atoms. The second kappa shape index (κ2) is 9.28. The van der Waals surface area contributed by atoms with Crippen LogP contribution in [0.5, 0.6) is 5.75 Å². The van der Waals surface area contributed by atoms with Gasteiger partial charge in [-0.15, -0.1) is 11.3 Å². The quantitative estimate of drug-likeness (QED) is 0.579. The molecule has 1 unspecified atom stereocenters. The fourth-order valence-electron chi connectivity index (χ4n) is 2.62. The van der Waals surface area contributed by atoms with E-state index in [1.165, 1.54) is 29.1 Å². The molecule has 1 atom stereocenters. The van der Waals surface area contributed by atoms with Gasteiger partial charge in [-0.2, -0.15) is 0 Å². The molecular formula is C22H20FNO3S. The summed E-state index contributed by atoms with van der Waals surface area (Å²) in [6.45, 7) is 2.23. The summed E-state index contributed by atoms with van der Waals surface area (Å²) >= 11 is 1.66. The van der Waals surface area contributed by atoms with Gasteiger partial charge in [-0.1, -0.05) is 6.07 Å². The largest absolute Gasteiger partial charge is 0.481 e. The highest BCUT2D eigenvalue weighted by Gasteiger charge is 2.15. The van der Waals surface area contributed by atoms with Gasteiger partial charge >= 0.3 is 0 Å². The van der Waals surface area contributed by atoms with Gasteiger partial charge in [0.15, 0.2) is 11.9 Å². The lowest BCUT2D eigenvalue weighted by molar-refractivity contribution is -0.127. The van der Waals surface area contributed by atoms with Crippen molar-refractivity contribution in [3.05, 3.63) is 87.9 Å². The van der Waals surface area contributed by atoms with Crippen molar-refractivity contribution in [3.63, 3.8) is 0 Å². The van der Waals surface area contributed by atoms with Crippen LogP contribution in [0.1, 0.15) is 27.7 Å². The van der Waals surface area contributed by atoms with Crippen LogP contribution in [0.3, 0.4) is 0 Å². The number of carbonyl (C=O) groups excluding carboxylic acids is 2. The Hall–Kier alpha value is -2.99. The zero-order valence-corrected chi connectivity index (χ0v) is 16.2. The second-order valence-corrected chi connectivity index (χ2v) is 7.27. The number of ether oxygens (including phenoxy) is 1. The van der Waals surface area contributed by atoms with E-state index in [0.29, 0.717) is 23.4 Å². The van der Waals surface area contributed by atoms with Crippen molar-refractivity contribution in [1.82, 2.24) is 5.32 Å². The smallest absolute Gasteiger partial charge is 0.260 e. The van der Waals surface area contributed by atoms with Crippen LogP contribution in [0.2, 0.25) is 0 Å². The molecule has 0 bridgehead atoms. The van der Waals surface area contributed by atoms with Gasteiger partial charge in [0.25, 0.3) is 5.91 Å². The molecule has 6 heteroatoms. The van der Waals surface area contributed by atoms with Crippen molar-refractivity contribution < 1.29 is 18.7 Å². The molecule has 28 heavy (non-hydrogen) atoms. The molecule has 0 saturated heterocycles. The van der Waals surface area contributed by atoms with Crippen molar-refractivity contribution in [2.75, 3.05) is 6.54 Å². The van der Waals surface area contributed by atoms with E-state index in [4.69, 9.17) is 4.74 Å². The summed E-state index contributed by atoms with van der Waals surface area (Å²) in [4.78, 5) is 25.8. The highest BCUT2D eigenvalue weighted by Crippen LogP contribution is 2.17. The van der Waals surface area contributed by atoms with E-state index in [2.05, 4.69) is 5.32 Å². The van der Waals surface area contributed by atoms with E-state index in [9.17, 15) is 14.0 Å². The zero-order valence-electron chi connectivity index (χ0n) is 15.4. The van der Waals surface area contributed by atoms with Crippen LogP contribution in [0.4, 0.5) is 4.39 Å². The summed E-state index contributed by atoms with van der Waals surface area (Å²) in [5.74, 6) is -0.284. The van der Waals surface area contributed by atoms with Crippen LogP contribution < -0.4 is 10.1 Å². The molecule has 1 amide bonds. The summed E-state index contributed by atoms with van der Waals surface area (Å²) in [5, 5.41) is 4.86. The van der Waals surface area contributed by atoms with Gasteiger partial charge in [0, 0.05) is 22.5 Å². The summed E-state index contributed by atoms with van der Waals surface area (Å²) in [7, 11) is 0. The predicted molar refractivity (Wildman–Crippen MR) is 107 cm³/mol. The fraction of sp³-hybridized carbons (Fsp3) is 0.182. The number of nitrogens with one attached hydrogen (secondary N) is 1. The Bertz CT molecular complexity index is 921. The predicted octanol–water partition coefficient (Wildman–Crippen LogP) is 4.24. The summed E-state index contributed by atoms with van der Waals surface area (Å²) in [5.41, 5.74) is 0.876. The molecule has 144 valence electrons. The Balaban J connectivity index is 1.52. The standard InChI is InChI=1S/C22H20FNO3S/c1-15(22(26)24-13-12-20-3-2-14-28-20)27-19-10-6-17(7-11-19)21(25)16-4-8-18(23)9-5-16/h2-11,14-15H,12-13H2,1H3,(H,24,26). The van der Waals surface area contributed by atoms with E-state index >= 15 is 0 Å². The van der Waals surface area contributed by atoms with Crippen LogP contribution in [0.15, 0.2) is 66.0 Å². The SMILES string of the molecule is CC(Oc1ccc(C(=O)c2ccc(F)cc2)cc1)C(=O)NCCc1cccs1. The number of rotatable bonds is 8. The summed E-state index contributed by atoms with van der Waals surface area (Å²) < 4.78 is 18.6. The van der Waals surface area contributed by atoms with Crippen LogP contribution in [-0.4, -0.2) is 24.3 Å². The molecule has 3 rings (SSSR count). The van der Waals surface area contributed by atoms with Gasteiger partial charge in [0.05, 0.1) is 0 Å². The average molecular weight is 397 g/mol. The molecule has 2 aromatic carbocycles. The highest BCUT2D eigenvalue weighted by molar-refractivity contribution is 7.09. The van der Waals surface area contributed by atoms with Gasteiger partial charge in [-0.05, 0) is 73.3 Å². The molecule has 1 N–H and O–H groups in total. The van der Waals surface area contributed by atoms with Crippen molar-refractivity contribution in [3.8, 4) is 5.75 Å². The van der Waals surface area contributed by atoms with Crippen molar-refractivity contribution in [2.45, 2.75) is 19.4 Å². The number of hydrogen-bond acceptors (Lipinski definition) is 4. The normalized spacial score (nSPS) is 11.6. The number of ketones is 1. The third-order valence-corrected chi connectivity index (χ3v) is 5.09. The first-order valence-electron chi connectivity index (χ1n) is 8.90. The topological polar surface area (TPSA) is 55.4 Å². The Morgan fingerprint density at radius 1 is 1.04 bits per heavy atom. The van der Waals surface area contributed by atoms with Crippen molar-refractivity contribution >= 4 is 23.0 Å². The number of benzene rings is 2. The van der Waals surface area contributed by atoms with Gasteiger partial charge in [0.1, 0.15) is 11.6 Å². The number of thiophene rings is 1. The Kier molecular flexibility index (Phi) is 6.55. The van der Waals surface area contributed by atoms with Gasteiger partial charge in [0.2, 0.25) is 0 Å². The van der Waals surface area contributed by atoms with Gasteiger partial charge < -0.3 is 10.1 Å². The van der Waals surface area contributed by atoms with E-state index in [1.54, 1.807) is 42.5 Å². The lowest BCUT2D eigenvalue weighted by Crippen LogP contribution is -2.37. The Morgan fingerprint density at radius 2 is 1.68 bits per heavy atom. The Morgan fingerprint density at radius 3 is 2.29 bits per heavy atom. The van der Waals surface area contributed by atoms with Crippen molar-refractivity contribution in [1.29, 1.82) is 0 Å². The molecule has 4 nitrogen and oxygen atoms in total. The molecule has 0 radical (unpaired) electrons. The monoisotopic (exact) mass is 397 g/mol. The number of carbonyl (C=O) groups is 2. The van der Waals surface area contributed by atoms with Crippen molar-refractivity contribution in [2.24, 2.45) is 0 Å². The minimum Gasteiger partial charge on any atom is -0.481 e. The van der Waals surface area contributed by atoms with E-state index in [-0.39, 0.29) is 17.5 Å². The van der Waals surface area contributed by atoms with E-state index in [1.807, 2.05) is 17.5 Å². The minimum atomic E-state index is -0.651. The zero-order chi connectivity index (χ0) is 19.9. The first-order valence-corrected chi connectivity index (χ1v) is 9.78. The van der Waals surface area contributed by atoms with E-state index in [0.717, 1.165) is 6.42 Å². The highest BCUT2D eigenvalue weighted by atomic mass is 32.1. The molecule has 3 aromatic rings. The third-order valence-electron chi connectivity index (χ3n) is 4.16. The summed E-state index contributed by atoms with van der Waals surface area (Å²) in [6, 6.07) is 16.0. The van der Waals surface area contributed by atoms with Crippen LogP contribution in [-0.2, 0) is 11.2 Å². The average Bonchev–Trinajstić information content (AvgIpc) is 3.22. The maximum Gasteiger partial charge on any atom is 0.260 e. The van der Waals surface area contributed by atoms with E-state index < -0.39 is 6.10 Å².